The van der Waals surface area contributed by atoms with Crippen LogP contribution in [0.2, 0.25) is 5.02 Å². The van der Waals surface area contributed by atoms with Gasteiger partial charge in [0.25, 0.3) is 0 Å². The van der Waals surface area contributed by atoms with E-state index in [0.717, 1.165) is 11.6 Å². The van der Waals surface area contributed by atoms with Crippen LogP contribution in [0.5, 0.6) is 0 Å². The van der Waals surface area contributed by atoms with Gasteiger partial charge in [0.1, 0.15) is 0 Å². The number of aliphatic hydroxyl groups is 1. The van der Waals surface area contributed by atoms with Crippen molar-refractivity contribution in [3.05, 3.63) is 34.9 Å². The molecule has 3 heteroatoms. The summed E-state index contributed by atoms with van der Waals surface area (Å²) in [7, 11) is 0. The molecule has 3 saturated heterocycles. The number of hydrogen-bond donors (Lipinski definition) is 1. The average molecular weight is 264 g/mol. The molecule has 4 bridgehead atoms. The van der Waals surface area contributed by atoms with E-state index in [9.17, 15) is 5.11 Å². The van der Waals surface area contributed by atoms with Crippen molar-refractivity contribution >= 4 is 11.6 Å². The molecule has 0 radical (unpaired) electrons. The van der Waals surface area contributed by atoms with E-state index in [1.165, 1.54) is 24.8 Å². The number of rotatable bonds is 1. The van der Waals surface area contributed by atoms with Gasteiger partial charge in [-0.25, -0.2) is 0 Å². The third-order valence-corrected chi connectivity index (χ3v) is 5.52. The fourth-order valence-corrected chi connectivity index (χ4v) is 4.69. The fourth-order valence-electron chi connectivity index (χ4n) is 4.57. The summed E-state index contributed by atoms with van der Waals surface area (Å²) in [6, 6.07) is 9.57. The van der Waals surface area contributed by atoms with Crippen LogP contribution < -0.4 is 0 Å². The molecule has 3 fully saturated rings. The molecular formula is C15H18ClNO. The molecule has 1 aromatic carbocycles. The third kappa shape index (κ3) is 1.49. The van der Waals surface area contributed by atoms with Crippen LogP contribution in [0.3, 0.4) is 0 Å². The van der Waals surface area contributed by atoms with Crippen LogP contribution in [-0.4, -0.2) is 34.7 Å². The first-order valence-electron chi connectivity index (χ1n) is 6.93. The van der Waals surface area contributed by atoms with E-state index in [-0.39, 0.29) is 6.10 Å². The van der Waals surface area contributed by atoms with E-state index in [1.807, 2.05) is 12.1 Å². The van der Waals surface area contributed by atoms with Crippen LogP contribution >= 0.6 is 11.6 Å². The Labute approximate surface area is 113 Å². The van der Waals surface area contributed by atoms with E-state index >= 15 is 0 Å². The van der Waals surface area contributed by atoms with Crippen molar-refractivity contribution in [2.75, 3.05) is 6.54 Å². The van der Waals surface area contributed by atoms with E-state index < -0.39 is 0 Å². The number of aliphatic hydroxyl groups excluding tert-OH is 1. The van der Waals surface area contributed by atoms with Crippen molar-refractivity contribution in [2.45, 2.75) is 43.4 Å². The van der Waals surface area contributed by atoms with E-state index in [1.54, 1.807) is 0 Å². The Balaban J connectivity index is 1.71. The zero-order valence-corrected chi connectivity index (χ0v) is 11.1. The standard InChI is InChI=1S/C15H18ClNO/c16-10-3-1-9(2-4-10)12-7-11-5-6-13-15(12)14(18)8-17(11)13/h1-4,11-15,18H,5-8H2/t11-,12+,13?,14?,15-/m0/s1. The second-order valence-electron chi connectivity index (χ2n) is 6.03. The summed E-state index contributed by atoms with van der Waals surface area (Å²) in [5.74, 6) is 0.957. The molecule has 3 heterocycles. The molecule has 3 aliphatic rings. The van der Waals surface area contributed by atoms with Gasteiger partial charge in [0.2, 0.25) is 0 Å². The lowest BCUT2D eigenvalue weighted by Gasteiger charge is -2.37. The number of nitrogens with zero attached hydrogens (tertiary/aromatic N) is 1. The maximum atomic E-state index is 10.3. The largest absolute Gasteiger partial charge is 0.391 e. The molecular weight excluding hydrogens is 246 g/mol. The van der Waals surface area contributed by atoms with Gasteiger partial charge in [-0.05, 0) is 42.9 Å². The van der Waals surface area contributed by atoms with Gasteiger partial charge in [0.15, 0.2) is 0 Å². The molecule has 96 valence electrons. The monoisotopic (exact) mass is 263 g/mol. The highest BCUT2D eigenvalue weighted by atomic mass is 35.5. The van der Waals surface area contributed by atoms with Crippen molar-refractivity contribution in [1.29, 1.82) is 0 Å². The summed E-state index contributed by atoms with van der Waals surface area (Å²) >= 11 is 5.97. The fraction of sp³-hybridized carbons (Fsp3) is 0.600. The lowest BCUT2D eigenvalue weighted by atomic mass is 9.77. The molecule has 6 atom stereocenters. The summed E-state index contributed by atoms with van der Waals surface area (Å²) < 4.78 is 0. The lowest BCUT2D eigenvalue weighted by Crippen LogP contribution is -2.41. The van der Waals surface area contributed by atoms with Gasteiger partial charge < -0.3 is 5.11 Å². The number of halogens is 1. The minimum atomic E-state index is -0.138. The van der Waals surface area contributed by atoms with Crippen molar-refractivity contribution in [3.63, 3.8) is 0 Å². The van der Waals surface area contributed by atoms with Crippen molar-refractivity contribution in [2.24, 2.45) is 5.92 Å². The molecule has 0 saturated carbocycles. The predicted molar refractivity (Wildman–Crippen MR) is 71.8 cm³/mol. The molecule has 18 heavy (non-hydrogen) atoms. The van der Waals surface area contributed by atoms with Gasteiger partial charge in [-0.1, -0.05) is 23.7 Å². The van der Waals surface area contributed by atoms with Gasteiger partial charge in [0.05, 0.1) is 6.10 Å². The molecule has 1 N–H and O–H groups in total. The van der Waals surface area contributed by atoms with Gasteiger partial charge in [-0.15, -0.1) is 0 Å². The first-order chi connectivity index (χ1) is 8.74. The maximum Gasteiger partial charge on any atom is 0.0716 e. The Bertz CT molecular complexity index is 460. The summed E-state index contributed by atoms with van der Waals surface area (Å²) in [6.07, 6.45) is 3.66. The highest BCUT2D eigenvalue weighted by Gasteiger charge is 2.55. The van der Waals surface area contributed by atoms with Crippen LogP contribution in [0.4, 0.5) is 0 Å². The molecule has 1 aromatic rings. The van der Waals surface area contributed by atoms with Crippen LogP contribution in [0, 0.1) is 5.92 Å². The third-order valence-electron chi connectivity index (χ3n) is 5.27. The van der Waals surface area contributed by atoms with Gasteiger partial charge >= 0.3 is 0 Å². The minimum absolute atomic E-state index is 0.138. The lowest BCUT2D eigenvalue weighted by molar-refractivity contribution is 0.113. The molecule has 4 rings (SSSR count). The zero-order valence-electron chi connectivity index (χ0n) is 10.3. The summed E-state index contributed by atoms with van der Waals surface area (Å²) in [5, 5.41) is 11.1. The van der Waals surface area contributed by atoms with Crippen molar-refractivity contribution in [3.8, 4) is 0 Å². The van der Waals surface area contributed by atoms with Crippen LogP contribution in [0.1, 0.15) is 30.7 Å². The second kappa shape index (κ2) is 3.96. The Morgan fingerprint density at radius 1 is 1.17 bits per heavy atom. The molecule has 3 unspecified atom stereocenters. The van der Waals surface area contributed by atoms with Crippen LogP contribution in [0.25, 0.3) is 0 Å². The van der Waals surface area contributed by atoms with Crippen LogP contribution in [-0.2, 0) is 0 Å². The first-order valence-corrected chi connectivity index (χ1v) is 7.31. The summed E-state index contributed by atoms with van der Waals surface area (Å²) in [5.41, 5.74) is 1.36. The smallest absolute Gasteiger partial charge is 0.0716 e. The van der Waals surface area contributed by atoms with Crippen molar-refractivity contribution < 1.29 is 5.11 Å². The Kier molecular flexibility index (Phi) is 2.48. The Morgan fingerprint density at radius 3 is 2.72 bits per heavy atom. The Morgan fingerprint density at radius 2 is 1.94 bits per heavy atom. The van der Waals surface area contributed by atoms with Gasteiger partial charge in [0, 0.05) is 29.6 Å². The summed E-state index contributed by atoms with van der Waals surface area (Å²) in [4.78, 5) is 2.56. The highest BCUT2D eigenvalue weighted by Crippen LogP contribution is 2.52. The number of hydrogen-bond acceptors (Lipinski definition) is 2. The van der Waals surface area contributed by atoms with Gasteiger partial charge in [-0.2, -0.15) is 0 Å². The molecule has 0 spiro atoms. The topological polar surface area (TPSA) is 23.5 Å². The SMILES string of the molecule is OC1CN2C3CC[C@H]2C[C@H](c2ccc(Cl)cc2)[C@H]13. The van der Waals surface area contributed by atoms with E-state index in [4.69, 9.17) is 11.6 Å². The van der Waals surface area contributed by atoms with Crippen molar-refractivity contribution in [1.82, 2.24) is 4.90 Å². The molecule has 0 amide bonds. The van der Waals surface area contributed by atoms with E-state index in [2.05, 4.69) is 17.0 Å². The second-order valence-corrected chi connectivity index (χ2v) is 6.47. The van der Waals surface area contributed by atoms with E-state index in [0.29, 0.717) is 23.9 Å². The number of piperidine rings is 1. The average Bonchev–Trinajstić information content (AvgIpc) is 2.76. The molecule has 0 aromatic heterocycles. The Hall–Kier alpha value is -0.570. The quantitative estimate of drug-likeness (QED) is 0.842. The normalized spacial score (nSPS) is 45.4. The number of benzene rings is 1. The van der Waals surface area contributed by atoms with Crippen LogP contribution in [0.15, 0.2) is 24.3 Å². The summed E-state index contributed by atoms with van der Waals surface area (Å²) in [6.45, 7) is 0.893. The molecule has 3 aliphatic heterocycles. The predicted octanol–water partition coefficient (Wildman–Crippen LogP) is 2.65. The minimum Gasteiger partial charge on any atom is -0.391 e. The molecule has 2 nitrogen and oxygen atoms in total. The molecule has 0 aliphatic carbocycles. The highest BCUT2D eigenvalue weighted by molar-refractivity contribution is 6.30. The first kappa shape index (κ1) is 11.3. The maximum absolute atomic E-state index is 10.3. The zero-order chi connectivity index (χ0) is 12.3. The van der Waals surface area contributed by atoms with Gasteiger partial charge in [-0.3, -0.25) is 4.90 Å².